The lowest BCUT2D eigenvalue weighted by atomic mass is 10.2. The van der Waals surface area contributed by atoms with Crippen LogP contribution in [-0.2, 0) is 6.54 Å². The van der Waals surface area contributed by atoms with Crippen molar-refractivity contribution in [2.45, 2.75) is 26.4 Å². The maximum Gasteiger partial charge on any atom is 0.191 e. The van der Waals surface area contributed by atoms with Crippen LogP contribution in [0.4, 0.5) is 0 Å². The molecule has 2 aromatic rings. The first-order valence-corrected chi connectivity index (χ1v) is 6.13. The predicted molar refractivity (Wildman–Crippen MR) is 74.7 cm³/mol. The van der Waals surface area contributed by atoms with E-state index in [1.165, 1.54) is 0 Å². The lowest BCUT2D eigenvalue weighted by Crippen LogP contribution is -2.40. The summed E-state index contributed by atoms with van der Waals surface area (Å²) in [5, 5.41) is 7.58. The molecule has 0 saturated heterocycles. The average Bonchev–Trinajstić information content (AvgIpc) is 2.76. The minimum atomic E-state index is 0.354. The van der Waals surface area contributed by atoms with Crippen LogP contribution in [0.5, 0.6) is 0 Å². The third kappa shape index (κ3) is 3.03. The molecule has 0 aliphatic carbocycles. The third-order valence-electron chi connectivity index (χ3n) is 2.56. The highest BCUT2D eigenvalue weighted by Crippen LogP contribution is 2.18. The lowest BCUT2D eigenvalue weighted by Gasteiger charge is -2.13. The van der Waals surface area contributed by atoms with E-state index in [0.29, 0.717) is 12.6 Å². The Kier molecular flexibility index (Phi) is 3.87. The summed E-state index contributed by atoms with van der Waals surface area (Å²) < 4.78 is 5.72. The van der Waals surface area contributed by atoms with Gasteiger partial charge in [0.2, 0.25) is 0 Å². The number of nitrogens with zero attached hydrogens (tertiary/aromatic N) is 1. The summed E-state index contributed by atoms with van der Waals surface area (Å²) >= 11 is 0. The van der Waals surface area contributed by atoms with E-state index in [1.54, 1.807) is 7.05 Å². The molecular weight excluding hydrogens is 226 g/mol. The first-order chi connectivity index (χ1) is 8.69. The maximum atomic E-state index is 5.72. The molecule has 0 atom stereocenters. The molecule has 0 saturated carbocycles. The van der Waals surface area contributed by atoms with E-state index in [-0.39, 0.29) is 0 Å². The number of nitrogens with one attached hydrogen (secondary N) is 2. The van der Waals surface area contributed by atoms with Crippen molar-refractivity contribution < 1.29 is 4.42 Å². The first kappa shape index (κ1) is 12.5. The number of guanidine groups is 1. The predicted octanol–water partition coefficient (Wildman–Crippen LogP) is 2.51. The van der Waals surface area contributed by atoms with E-state index < -0.39 is 0 Å². The fourth-order valence-corrected chi connectivity index (χ4v) is 1.76. The Balaban J connectivity index is 2.01. The number of para-hydroxylation sites is 1. The number of furan rings is 1. The number of aliphatic imine (C=N–C) groups is 1. The van der Waals surface area contributed by atoms with Gasteiger partial charge in [0.05, 0.1) is 6.54 Å². The van der Waals surface area contributed by atoms with Crippen molar-refractivity contribution in [3.63, 3.8) is 0 Å². The van der Waals surface area contributed by atoms with E-state index in [0.717, 1.165) is 22.7 Å². The van der Waals surface area contributed by atoms with Crippen molar-refractivity contribution in [1.29, 1.82) is 0 Å². The third-order valence-corrected chi connectivity index (χ3v) is 2.56. The summed E-state index contributed by atoms with van der Waals surface area (Å²) in [5.74, 6) is 1.69. The zero-order chi connectivity index (χ0) is 13.0. The molecule has 4 nitrogen and oxygen atoms in total. The summed E-state index contributed by atoms with van der Waals surface area (Å²) in [6.45, 7) is 4.78. The molecule has 0 spiro atoms. The average molecular weight is 245 g/mol. The van der Waals surface area contributed by atoms with Crippen LogP contribution in [-0.4, -0.2) is 19.0 Å². The number of hydrogen-bond donors (Lipinski definition) is 2. The molecule has 0 radical (unpaired) electrons. The second-order valence-corrected chi connectivity index (χ2v) is 4.48. The molecule has 0 aliphatic rings. The van der Waals surface area contributed by atoms with Gasteiger partial charge in [0.25, 0.3) is 0 Å². The van der Waals surface area contributed by atoms with Gasteiger partial charge in [-0.25, -0.2) is 0 Å². The number of fused-ring (bicyclic) bond motifs is 1. The zero-order valence-electron chi connectivity index (χ0n) is 11.0. The molecule has 1 aromatic heterocycles. The number of benzene rings is 1. The second kappa shape index (κ2) is 5.58. The standard InChI is InChI=1S/C14H19N3O/c1-10(2)17-14(15-3)16-9-12-8-11-6-4-5-7-13(11)18-12/h4-8,10H,9H2,1-3H3,(H2,15,16,17). The zero-order valence-corrected chi connectivity index (χ0v) is 11.0. The Morgan fingerprint density at radius 3 is 2.78 bits per heavy atom. The van der Waals surface area contributed by atoms with Crippen molar-refractivity contribution in [3.05, 3.63) is 36.1 Å². The van der Waals surface area contributed by atoms with Gasteiger partial charge in [-0.3, -0.25) is 4.99 Å². The Morgan fingerprint density at radius 1 is 1.33 bits per heavy atom. The highest BCUT2D eigenvalue weighted by Gasteiger charge is 2.04. The monoisotopic (exact) mass is 245 g/mol. The van der Waals surface area contributed by atoms with Gasteiger partial charge < -0.3 is 15.1 Å². The normalized spacial score (nSPS) is 12.1. The van der Waals surface area contributed by atoms with Crippen LogP contribution in [0.15, 0.2) is 39.7 Å². The van der Waals surface area contributed by atoms with Crippen molar-refractivity contribution in [2.75, 3.05) is 7.05 Å². The van der Waals surface area contributed by atoms with Gasteiger partial charge >= 0.3 is 0 Å². The van der Waals surface area contributed by atoms with Crippen LogP contribution in [0.2, 0.25) is 0 Å². The van der Waals surface area contributed by atoms with Crippen molar-refractivity contribution in [2.24, 2.45) is 4.99 Å². The molecule has 0 bridgehead atoms. The lowest BCUT2D eigenvalue weighted by molar-refractivity contribution is 0.537. The summed E-state index contributed by atoms with van der Waals surface area (Å²) in [7, 11) is 1.76. The Hall–Kier alpha value is -1.97. The van der Waals surface area contributed by atoms with E-state index in [2.05, 4.69) is 29.5 Å². The first-order valence-electron chi connectivity index (χ1n) is 6.13. The molecule has 1 heterocycles. The van der Waals surface area contributed by atoms with Gasteiger partial charge in [-0.05, 0) is 26.0 Å². The minimum Gasteiger partial charge on any atom is -0.459 e. The topological polar surface area (TPSA) is 49.6 Å². The quantitative estimate of drug-likeness (QED) is 0.645. The van der Waals surface area contributed by atoms with Gasteiger partial charge in [0, 0.05) is 18.5 Å². The molecule has 0 amide bonds. The summed E-state index contributed by atoms with van der Waals surface area (Å²) in [6, 6.07) is 10.4. The van der Waals surface area contributed by atoms with Crippen LogP contribution in [0, 0.1) is 0 Å². The molecule has 4 heteroatoms. The van der Waals surface area contributed by atoms with Gasteiger partial charge in [0.15, 0.2) is 5.96 Å². The van der Waals surface area contributed by atoms with Gasteiger partial charge in [-0.15, -0.1) is 0 Å². The molecule has 96 valence electrons. The number of rotatable bonds is 3. The van der Waals surface area contributed by atoms with Gasteiger partial charge in [-0.1, -0.05) is 18.2 Å². The SMILES string of the molecule is CN=C(NCc1cc2ccccc2o1)NC(C)C. The fraction of sp³-hybridized carbons (Fsp3) is 0.357. The van der Waals surface area contributed by atoms with Gasteiger partial charge in [-0.2, -0.15) is 0 Å². The summed E-state index contributed by atoms with van der Waals surface area (Å²) in [5.41, 5.74) is 0.918. The van der Waals surface area contributed by atoms with Gasteiger partial charge in [0.1, 0.15) is 11.3 Å². The van der Waals surface area contributed by atoms with Crippen molar-refractivity contribution in [3.8, 4) is 0 Å². The Labute approximate surface area is 107 Å². The highest BCUT2D eigenvalue weighted by molar-refractivity contribution is 5.80. The van der Waals surface area contributed by atoms with Crippen LogP contribution in [0.1, 0.15) is 19.6 Å². The number of hydrogen-bond acceptors (Lipinski definition) is 2. The summed E-state index contributed by atoms with van der Waals surface area (Å²) in [6.07, 6.45) is 0. The Morgan fingerprint density at radius 2 is 2.11 bits per heavy atom. The van der Waals surface area contributed by atoms with Crippen LogP contribution >= 0.6 is 0 Å². The molecule has 0 fully saturated rings. The van der Waals surface area contributed by atoms with E-state index in [4.69, 9.17) is 4.42 Å². The minimum absolute atomic E-state index is 0.354. The maximum absolute atomic E-state index is 5.72. The fourth-order valence-electron chi connectivity index (χ4n) is 1.76. The second-order valence-electron chi connectivity index (χ2n) is 4.48. The molecule has 2 N–H and O–H groups in total. The van der Waals surface area contributed by atoms with Crippen LogP contribution in [0.3, 0.4) is 0 Å². The van der Waals surface area contributed by atoms with Crippen molar-refractivity contribution >= 4 is 16.9 Å². The van der Waals surface area contributed by atoms with Crippen LogP contribution < -0.4 is 10.6 Å². The Bertz CT molecular complexity index is 510. The summed E-state index contributed by atoms with van der Waals surface area (Å²) in [4.78, 5) is 4.15. The van der Waals surface area contributed by atoms with E-state index in [1.807, 2.05) is 30.3 Å². The molecular formula is C14H19N3O. The largest absolute Gasteiger partial charge is 0.459 e. The van der Waals surface area contributed by atoms with E-state index >= 15 is 0 Å². The van der Waals surface area contributed by atoms with Crippen LogP contribution in [0.25, 0.3) is 11.0 Å². The molecule has 0 unspecified atom stereocenters. The molecule has 1 aromatic carbocycles. The van der Waals surface area contributed by atoms with Crippen molar-refractivity contribution in [1.82, 2.24) is 10.6 Å². The van der Waals surface area contributed by atoms with E-state index in [9.17, 15) is 0 Å². The molecule has 18 heavy (non-hydrogen) atoms. The molecule has 0 aliphatic heterocycles. The molecule has 2 rings (SSSR count). The highest BCUT2D eigenvalue weighted by atomic mass is 16.3. The smallest absolute Gasteiger partial charge is 0.191 e.